The molecule has 0 radical (unpaired) electrons. The van der Waals surface area contributed by atoms with Gasteiger partial charge in [0.2, 0.25) is 11.8 Å². The van der Waals surface area contributed by atoms with Gasteiger partial charge in [-0.2, -0.15) is 0 Å². The van der Waals surface area contributed by atoms with E-state index >= 15 is 0 Å². The van der Waals surface area contributed by atoms with Crippen molar-refractivity contribution in [2.75, 3.05) is 13.1 Å². The van der Waals surface area contributed by atoms with Crippen molar-refractivity contribution in [2.45, 2.75) is 45.2 Å². The maximum absolute atomic E-state index is 12.8. The molecule has 1 aromatic rings. The van der Waals surface area contributed by atoms with E-state index in [9.17, 15) is 9.59 Å². The Labute approximate surface area is 132 Å². The molecule has 0 N–H and O–H groups in total. The van der Waals surface area contributed by atoms with E-state index in [1.807, 2.05) is 35.2 Å². The zero-order chi connectivity index (χ0) is 15.5. The minimum Gasteiger partial charge on any atom is -0.341 e. The normalized spacial score (nSPS) is 23.1. The van der Waals surface area contributed by atoms with E-state index in [2.05, 4.69) is 6.92 Å². The Morgan fingerprint density at radius 3 is 2.50 bits per heavy atom. The highest BCUT2D eigenvalue weighted by molar-refractivity contribution is 5.91. The van der Waals surface area contributed by atoms with Gasteiger partial charge in [0.15, 0.2) is 0 Å². The molecule has 4 nitrogen and oxygen atoms in total. The van der Waals surface area contributed by atoms with Crippen LogP contribution < -0.4 is 0 Å². The van der Waals surface area contributed by atoms with E-state index in [1.54, 1.807) is 4.90 Å². The van der Waals surface area contributed by atoms with Crippen LogP contribution in [0.1, 0.15) is 38.2 Å². The fourth-order valence-corrected chi connectivity index (χ4v) is 3.41. The first-order valence-electron chi connectivity index (χ1n) is 8.27. The van der Waals surface area contributed by atoms with Gasteiger partial charge in [0.25, 0.3) is 0 Å². The minimum absolute atomic E-state index is 0.104. The molecule has 2 fully saturated rings. The number of likely N-dealkylation sites (tertiary alicyclic amines) is 2. The lowest BCUT2D eigenvalue weighted by molar-refractivity contribution is -0.142. The molecule has 2 aliphatic heterocycles. The molecule has 118 valence electrons. The summed E-state index contributed by atoms with van der Waals surface area (Å²) < 4.78 is 0. The number of rotatable bonds is 3. The molecule has 2 amide bonds. The number of hydrogen-bond acceptors (Lipinski definition) is 2. The van der Waals surface area contributed by atoms with Crippen LogP contribution in [-0.4, -0.2) is 40.7 Å². The van der Waals surface area contributed by atoms with E-state index in [0.717, 1.165) is 31.5 Å². The largest absolute Gasteiger partial charge is 0.341 e. The molecule has 2 aliphatic rings. The van der Waals surface area contributed by atoms with Gasteiger partial charge >= 0.3 is 0 Å². The molecule has 22 heavy (non-hydrogen) atoms. The first-order chi connectivity index (χ1) is 10.6. The second-order valence-electron chi connectivity index (χ2n) is 6.57. The summed E-state index contributed by atoms with van der Waals surface area (Å²) in [5.41, 5.74) is 1.09. The second-order valence-corrected chi connectivity index (χ2v) is 6.57. The Kier molecular flexibility index (Phi) is 4.46. The smallest absolute Gasteiger partial charge is 0.245 e. The van der Waals surface area contributed by atoms with Crippen molar-refractivity contribution >= 4 is 11.8 Å². The average molecular weight is 300 g/mol. The van der Waals surface area contributed by atoms with Crippen molar-refractivity contribution in [1.29, 1.82) is 0 Å². The number of benzene rings is 1. The molecule has 1 atom stereocenters. The van der Waals surface area contributed by atoms with Crippen LogP contribution >= 0.6 is 0 Å². The van der Waals surface area contributed by atoms with Crippen LogP contribution in [0.15, 0.2) is 30.3 Å². The highest BCUT2D eigenvalue weighted by Crippen LogP contribution is 2.25. The fourth-order valence-electron chi connectivity index (χ4n) is 3.41. The van der Waals surface area contributed by atoms with Gasteiger partial charge in [0, 0.05) is 26.1 Å². The van der Waals surface area contributed by atoms with Crippen LogP contribution in [0.5, 0.6) is 0 Å². The monoisotopic (exact) mass is 300 g/mol. The number of hydrogen-bond donors (Lipinski definition) is 0. The molecule has 1 unspecified atom stereocenters. The number of carbonyl (C=O) groups is 2. The van der Waals surface area contributed by atoms with E-state index in [-0.39, 0.29) is 17.9 Å². The summed E-state index contributed by atoms with van der Waals surface area (Å²) in [6.45, 7) is 4.46. The van der Waals surface area contributed by atoms with E-state index < -0.39 is 0 Å². The van der Waals surface area contributed by atoms with Crippen molar-refractivity contribution in [3.8, 4) is 0 Å². The van der Waals surface area contributed by atoms with E-state index in [0.29, 0.717) is 25.3 Å². The van der Waals surface area contributed by atoms with Crippen LogP contribution in [-0.2, 0) is 16.1 Å². The van der Waals surface area contributed by atoms with Crippen LogP contribution in [0.4, 0.5) is 0 Å². The van der Waals surface area contributed by atoms with Crippen molar-refractivity contribution in [2.24, 2.45) is 5.92 Å². The number of amides is 2. The molecule has 0 aliphatic carbocycles. The van der Waals surface area contributed by atoms with Gasteiger partial charge in [0.05, 0.1) is 0 Å². The van der Waals surface area contributed by atoms with Gasteiger partial charge in [-0.05, 0) is 30.7 Å². The lowest BCUT2D eigenvalue weighted by Gasteiger charge is -2.34. The molecule has 4 heteroatoms. The molecule has 0 bridgehead atoms. The highest BCUT2D eigenvalue weighted by Gasteiger charge is 2.38. The Morgan fingerprint density at radius 2 is 1.82 bits per heavy atom. The van der Waals surface area contributed by atoms with Crippen LogP contribution in [0.3, 0.4) is 0 Å². The van der Waals surface area contributed by atoms with E-state index in [1.165, 1.54) is 0 Å². The Bertz CT molecular complexity index is 535. The highest BCUT2D eigenvalue weighted by atomic mass is 16.2. The summed E-state index contributed by atoms with van der Waals surface area (Å²) in [7, 11) is 0. The standard InChI is InChI=1S/C18H24N2O2/c1-14-9-11-19(12-10-14)18(22)16-7-8-17(21)20(16)13-15-5-3-2-4-6-15/h2-6,14,16H,7-13H2,1H3. The third-order valence-electron chi connectivity index (χ3n) is 4.90. The maximum Gasteiger partial charge on any atom is 0.245 e. The Hall–Kier alpha value is -1.84. The fraction of sp³-hybridized carbons (Fsp3) is 0.556. The van der Waals surface area contributed by atoms with Crippen molar-refractivity contribution in [3.63, 3.8) is 0 Å². The van der Waals surface area contributed by atoms with Crippen molar-refractivity contribution in [1.82, 2.24) is 9.80 Å². The topological polar surface area (TPSA) is 40.6 Å². The van der Waals surface area contributed by atoms with Crippen molar-refractivity contribution in [3.05, 3.63) is 35.9 Å². The number of carbonyl (C=O) groups excluding carboxylic acids is 2. The lowest BCUT2D eigenvalue weighted by atomic mass is 9.98. The summed E-state index contributed by atoms with van der Waals surface area (Å²) in [6.07, 6.45) is 3.31. The van der Waals surface area contributed by atoms with Gasteiger partial charge in [0.1, 0.15) is 6.04 Å². The van der Waals surface area contributed by atoms with Crippen molar-refractivity contribution < 1.29 is 9.59 Å². The van der Waals surface area contributed by atoms with Gasteiger partial charge in [-0.25, -0.2) is 0 Å². The zero-order valence-corrected chi connectivity index (χ0v) is 13.2. The van der Waals surface area contributed by atoms with Gasteiger partial charge in [-0.3, -0.25) is 9.59 Å². The van der Waals surface area contributed by atoms with Crippen LogP contribution in [0.25, 0.3) is 0 Å². The maximum atomic E-state index is 12.8. The quantitative estimate of drug-likeness (QED) is 0.860. The summed E-state index contributed by atoms with van der Waals surface area (Å²) in [4.78, 5) is 28.7. The zero-order valence-electron chi connectivity index (χ0n) is 13.2. The molecular formula is C18H24N2O2. The molecule has 3 rings (SSSR count). The molecule has 2 saturated heterocycles. The molecule has 0 aromatic heterocycles. The molecular weight excluding hydrogens is 276 g/mol. The van der Waals surface area contributed by atoms with Crippen LogP contribution in [0.2, 0.25) is 0 Å². The molecule has 0 saturated carbocycles. The number of piperidine rings is 1. The predicted molar refractivity (Wildman–Crippen MR) is 85.0 cm³/mol. The SMILES string of the molecule is CC1CCN(C(=O)C2CCC(=O)N2Cc2ccccc2)CC1. The summed E-state index contributed by atoms with van der Waals surface area (Å²) >= 11 is 0. The Balaban J connectivity index is 1.69. The number of nitrogens with zero attached hydrogens (tertiary/aromatic N) is 2. The molecule has 1 aromatic carbocycles. The second kappa shape index (κ2) is 6.51. The van der Waals surface area contributed by atoms with Gasteiger partial charge in [-0.15, -0.1) is 0 Å². The third-order valence-corrected chi connectivity index (χ3v) is 4.90. The lowest BCUT2D eigenvalue weighted by Crippen LogP contribution is -2.48. The van der Waals surface area contributed by atoms with Gasteiger partial charge < -0.3 is 9.80 Å². The van der Waals surface area contributed by atoms with E-state index in [4.69, 9.17) is 0 Å². The molecule has 2 heterocycles. The Morgan fingerprint density at radius 1 is 1.14 bits per heavy atom. The summed E-state index contributed by atoms with van der Waals surface area (Å²) in [5, 5.41) is 0. The summed E-state index contributed by atoms with van der Waals surface area (Å²) in [5.74, 6) is 0.955. The third kappa shape index (κ3) is 3.16. The predicted octanol–water partition coefficient (Wildman–Crippen LogP) is 2.44. The molecule has 0 spiro atoms. The first-order valence-corrected chi connectivity index (χ1v) is 8.27. The average Bonchev–Trinajstić information content (AvgIpc) is 2.89. The minimum atomic E-state index is -0.263. The first kappa shape index (κ1) is 15.1. The summed E-state index contributed by atoms with van der Waals surface area (Å²) in [6, 6.07) is 9.66. The van der Waals surface area contributed by atoms with Gasteiger partial charge in [-0.1, -0.05) is 37.3 Å². The van der Waals surface area contributed by atoms with Crippen LogP contribution in [0, 0.1) is 5.92 Å².